The molecule has 2 unspecified atom stereocenters. The molecule has 0 fully saturated rings. The van der Waals surface area contributed by atoms with Gasteiger partial charge >= 0.3 is 5.97 Å². The van der Waals surface area contributed by atoms with Gasteiger partial charge in [0.05, 0.1) is 25.4 Å². The first kappa shape index (κ1) is 79.3. The molecule has 0 saturated carbocycles. The fourth-order valence-corrected chi connectivity index (χ4v) is 11.9. The summed E-state index contributed by atoms with van der Waals surface area (Å²) in [5.74, 6) is -0.0187. The van der Waals surface area contributed by atoms with Crippen LogP contribution in [0.2, 0.25) is 0 Å². The first-order chi connectivity index (χ1) is 40.0. The molecule has 0 aliphatic rings. The minimum Gasteiger partial charge on any atom is -0.466 e. The summed E-state index contributed by atoms with van der Waals surface area (Å²) in [6, 6.07) is -0.538. The molecular formula is C75H145NO5. The second-order valence-electron chi connectivity index (χ2n) is 25.6. The van der Waals surface area contributed by atoms with Crippen LogP contribution < -0.4 is 5.32 Å². The van der Waals surface area contributed by atoms with Crippen molar-refractivity contribution < 1.29 is 24.5 Å². The van der Waals surface area contributed by atoms with Crippen molar-refractivity contribution in [2.24, 2.45) is 0 Å². The van der Waals surface area contributed by atoms with Gasteiger partial charge in [-0.25, -0.2) is 0 Å². The number of hydrogen-bond donors (Lipinski definition) is 3. The van der Waals surface area contributed by atoms with E-state index in [1.807, 2.05) is 0 Å². The molecule has 0 aliphatic heterocycles. The number of aliphatic hydroxyl groups excluding tert-OH is 2. The number of carbonyl (C=O) groups is 2. The third kappa shape index (κ3) is 67.3. The maximum absolute atomic E-state index is 12.5. The lowest BCUT2D eigenvalue weighted by molar-refractivity contribution is -0.143. The fourth-order valence-electron chi connectivity index (χ4n) is 11.9. The van der Waals surface area contributed by atoms with Gasteiger partial charge in [0, 0.05) is 12.8 Å². The van der Waals surface area contributed by atoms with Gasteiger partial charge in [0.25, 0.3) is 0 Å². The first-order valence-electron chi connectivity index (χ1n) is 37.1. The van der Waals surface area contributed by atoms with Gasteiger partial charge in [0.2, 0.25) is 5.91 Å². The lowest BCUT2D eigenvalue weighted by atomic mass is 10.0. The number of esters is 1. The van der Waals surface area contributed by atoms with Crippen LogP contribution in [0, 0.1) is 0 Å². The molecule has 480 valence electrons. The molecular weight excluding hydrogens is 995 g/mol. The van der Waals surface area contributed by atoms with Crippen molar-refractivity contribution >= 4 is 11.9 Å². The molecule has 3 N–H and O–H groups in total. The number of allylic oxidation sites excluding steroid dienone is 4. The molecule has 0 aromatic carbocycles. The van der Waals surface area contributed by atoms with E-state index < -0.39 is 12.1 Å². The van der Waals surface area contributed by atoms with Crippen molar-refractivity contribution in [1.29, 1.82) is 0 Å². The monoisotopic (exact) mass is 1140 g/mol. The Balaban J connectivity index is 3.32. The Morgan fingerprint density at radius 2 is 0.617 bits per heavy atom. The molecule has 0 spiro atoms. The van der Waals surface area contributed by atoms with E-state index in [0.29, 0.717) is 25.9 Å². The number of rotatable bonds is 70. The Bertz CT molecular complexity index is 1270. The molecule has 0 aromatic heterocycles. The number of ether oxygens (including phenoxy) is 1. The highest BCUT2D eigenvalue weighted by molar-refractivity contribution is 5.76. The van der Waals surface area contributed by atoms with E-state index in [-0.39, 0.29) is 18.5 Å². The molecule has 0 bridgehead atoms. The van der Waals surface area contributed by atoms with Crippen LogP contribution in [0.25, 0.3) is 0 Å². The standard InChI is InChI=1S/C75H145NO5/c1-3-5-7-9-11-13-15-17-19-36-40-43-47-51-55-59-63-67-73(78)72(71-77)76-74(79)68-64-60-56-52-48-44-41-37-34-32-30-28-26-24-22-20-21-23-25-27-29-31-33-35-38-42-46-50-54-58-62-66-70-81-75(80)69-65-61-57-53-49-45-39-18-16-14-12-10-8-6-4-2/h12,14,18,39,72-73,77-78H,3-11,13,15-17,19-38,40-71H2,1-2H3,(H,76,79)/b14-12-,39-18-. The van der Waals surface area contributed by atoms with E-state index in [1.165, 1.54) is 334 Å². The third-order valence-corrected chi connectivity index (χ3v) is 17.5. The molecule has 2 atom stereocenters. The number of unbranched alkanes of at least 4 members (excludes halogenated alkanes) is 55. The topological polar surface area (TPSA) is 95.9 Å². The highest BCUT2D eigenvalue weighted by Crippen LogP contribution is 2.20. The summed E-state index contributed by atoms with van der Waals surface area (Å²) in [6.45, 7) is 4.96. The summed E-state index contributed by atoms with van der Waals surface area (Å²) >= 11 is 0. The maximum atomic E-state index is 12.5. The SMILES string of the molecule is CCCCC/C=C\C/C=C\CCCCCCCC(=O)OCCCCCCCCCCCCCCCCCCCCCCCCCCCCCCCCCCC(=O)NC(CO)C(O)CCCCCCCCCCCCCCCCCCC. The average molecular weight is 1140 g/mol. The quantitative estimate of drug-likeness (QED) is 0.0320. The van der Waals surface area contributed by atoms with Crippen LogP contribution in [0.1, 0.15) is 418 Å². The summed E-state index contributed by atoms with van der Waals surface area (Å²) in [5, 5.41) is 23.4. The van der Waals surface area contributed by atoms with E-state index >= 15 is 0 Å². The number of carbonyl (C=O) groups excluding carboxylic acids is 2. The van der Waals surface area contributed by atoms with Gasteiger partial charge in [0.15, 0.2) is 0 Å². The van der Waals surface area contributed by atoms with Gasteiger partial charge in [0.1, 0.15) is 0 Å². The normalized spacial score (nSPS) is 12.6. The van der Waals surface area contributed by atoms with Crippen LogP contribution in [0.15, 0.2) is 24.3 Å². The first-order valence-corrected chi connectivity index (χ1v) is 37.1. The smallest absolute Gasteiger partial charge is 0.305 e. The highest BCUT2D eigenvalue weighted by Gasteiger charge is 2.20. The van der Waals surface area contributed by atoms with Crippen LogP contribution in [-0.2, 0) is 14.3 Å². The number of amides is 1. The zero-order valence-electron chi connectivity index (χ0n) is 55.0. The highest BCUT2D eigenvalue weighted by atomic mass is 16.5. The predicted octanol–water partition coefficient (Wildman–Crippen LogP) is 24.1. The van der Waals surface area contributed by atoms with Crippen molar-refractivity contribution in [2.75, 3.05) is 13.2 Å². The Hall–Kier alpha value is -1.66. The zero-order chi connectivity index (χ0) is 58.5. The minimum atomic E-state index is -0.661. The number of aliphatic hydroxyl groups is 2. The maximum Gasteiger partial charge on any atom is 0.305 e. The zero-order valence-corrected chi connectivity index (χ0v) is 55.0. The molecule has 6 heteroatoms. The van der Waals surface area contributed by atoms with Crippen molar-refractivity contribution in [2.45, 2.75) is 431 Å². The van der Waals surface area contributed by atoms with Gasteiger partial charge in [-0.3, -0.25) is 9.59 Å². The van der Waals surface area contributed by atoms with Gasteiger partial charge in [-0.1, -0.05) is 372 Å². The summed E-state index contributed by atoms with van der Waals surface area (Å²) < 4.78 is 5.49. The number of nitrogens with one attached hydrogen (secondary N) is 1. The van der Waals surface area contributed by atoms with Crippen LogP contribution in [0.3, 0.4) is 0 Å². The fraction of sp³-hybridized carbons (Fsp3) is 0.920. The van der Waals surface area contributed by atoms with Crippen molar-refractivity contribution in [1.82, 2.24) is 5.32 Å². The Labute approximate surface area is 507 Å². The van der Waals surface area contributed by atoms with Gasteiger partial charge in [-0.2, -0.15) is 0 Å². The molecule has 6 nitrogen and oxygen atoms in total. The summed E-state index contributed by atoms with van der Waals surface area (Å²) in [4.78, 5) is 24.6. The Kier molecular flexibility index (Phi) is 69.4. The van der Waals surface area contributed by atoms with Crippen LogP contribution >= 0.6 is 0 Å². The molecule has 0 rings (SSSR count). The van der Waals surface area contributed by atoms with E-state index in [1.54, 1.807) is 0 Å². The van der Waals surface area contributed by atoms with Crippen molar-refractivity contribution in [3.8, 4) is 0 Å². The van der Waals surface area contributed by atoms with E-state index in [0.717, 1.165) is 51.4 Å². The average Bonchev–Trinajstić information content (AvgIpc) is 3.47. The Morgan fingerprint density at radius 1 is 0.346 bits per heavy atom. The third-order valence-electron chi connectivity index (χ3n) is 17.5. The van der Waals surface area contributed by atoms with E-state index in [4.69, 9.17) is 4.74 Å². The summed E-state index contributed by atoms with van der Waals surface area (Å²) in [7, 11) is 0. The van der Waals surface area contributed by atoms with Crippen LogP contribution in [0.5, 0.6) is 0 Å². The van der Waals surface area contributed by atoms with Crippen molar-refractivity contribution in [3.05, 3.63) is 24.3 Å². The predicted molar refractivity (Wildman–Crippen MR) is 356 cm³/mol. The molecule has 0 aliphatic carbocycles. The van der Waals surface area contributed by atoms with Crippen LogP contribution in [-0.4, -0.2) is 47.4 Å². The van der Waals surface area contributed by atoms with E-state index in [9.17, 15) is 19.8 Å². The minimum absolute atomic E-state index is 0.00787. The lowest BCUT2D eigenvalue weighted by Crippen LogP contribution is -2.45. The molecule has 0 aromatic rings. The van der Waals surface area contributed by atoms with Gasteiger partial charge < -0.3 is 20.3 Å². The summed E-state index contributed by atoms with van der Waals surface area (Å²) in [5.41, 5.74) is 0. The second kappa shape index (κ2) is 70.8. The molecule has 1 amide bonds. The molecule has 0 radical (unpaired) electrons. The molecule has 81 heavy (non-hydrogen) atoms. The van der Waals surface area contributed by atoms with Gasteiger partial charge in [-0.05, 0) is 57.8 Å². The number of hydrogen-bond acceptors (Lipinski definition) is 5. The molecule has 0 saturated heterocycles. The largest absolute Gasteiger partial charge is 0.466 e. The van der Waals surface area contributed by atoms with E-state index in [2.05, 4.69) is 43.5 Å². The second-order valence-corrected chi connectivity index (χ2v) is 25.6. The van der Waals surface area contributed by atoms with Crippen molar-refractivity contribution in [3.63, 3.8) is 0 Å². The van der Waals surface area contributed by atoms with Crippen LogP contribution in [0.4, 0.5) is 0 Å². The van der Waals surface area contributed by atoms with Gasteiger partial charge in [-0.15, -0.1) is 0 Å². The lowest BCUT2D eigenvalue weighted by Gasteiger charge is -2.22. The Morgan fingerprint density at radius 3 is 0.963 bits per heavy atom. The summed E-state index contributed by atoms with van der Waals surface area (Å²) in [6.07, 6.45) is 89.6. The molecule has 0 heterocycles.